The summed E-state index contributed by atoms with van der Waals surface area (Å²) in [5, 5.41) is 26.3. The number of hydrogen-bond donors (Lipinski definition) is 3. The second kappa shape index (κ2) is 10.5. The van der Waals surface area contributed by atoms with Crippen LogP contribution in [0, 0.1) is 5.82 Å². The highest BCUT2D eigenvalue weighted by Gasteiger charge is 2.25. The lowest BCUT2D eigenvalue weighted by atomic mass is 10.0. The Morgan fingerprint density at radius 3 is 2.74 bits per heavy atom. The fourth-order valence-electron chi connectivity index (χ4n) is 4.29. The Hall–Kier alpha value is -3.65. The summed E-state index contributed by atoms with van der Waals surface area (Å²) in [5.41, 5.74) is 4.37. The number of fused-ring (bicyclic) bond motifs is 1. The number of allylic oxidation sites excluding steroid dienone is 1. The normalized spacial score (nSPS) is 15.4. The Morgan fingerprint density at radius 1 is 1.24 bits per heavy atom. The van der Waals surface area contributed by atoms with E-state index >= 15 is 0 Å². The lowest BCUT2D eigenvalue weighted by Gasteiger charge is -2.16. The van der Waals surface area contributed by atoms with Crippen LogP contribution in [0.5, 0.6) is 11.6 Å². The predicted molar refractivity (Wildman–Crippen MR) is 127 cm³/mol. The lowest BCUT2D eigenvalue weighted by molar-refractivity contribution is 0.180. The minimum absolute atomic E-state index is 0.151. The van der Waals surface area contributed by atoms with Crippen LogP contribution in [0.2, 0.25) is 0 Å². The van der Waals surface area contributed by atoms with E-state index in [1.54, 1.807) is 42.1 Å². The number of hydrogen-bond acceptors (Lipinski definition) is 5. The maximum atomic E-state index is 13.7. The number of halogens is 1. The molecule has 3 aromatic rings. The molecule has 1 unspecified atom stereocenters. The molecule has 0 radical (unpaired) electrons. The Kier molecular flexibility index (Phi) is 7.27. The highest BCUT2D eigenvalue weighted by molar-refractivity contribution is 5.83. The first-order chi connectivity index (χ1) is 16.4. The van der Waals surface area contributed by atoms with Crippen molar-refractivity contribution in [2.24, 2.45) is 7.05 Å². The maximum absolute atomic E-state index is 13.7. The van der Waals surface area contributed by atoms with Gasteiger partial charge in [0.15, 0.2) is 0 Å². The molecule has 34 heavy (non-hydrogen) atoms. The molecule has 1 aliphatic rings. The number of aliphatic hydroxyl groups excluding tert-OH is 1. The van der Waals surface area contributed by atoms with Crippen molar-refractivity contribution in [2.75, 3.05) is 6.61 Å². The summed E-state index contributed by atoms with van der Waals surface area (Å²) in [4.78, 5) is 12.6. The van der Waals surface area contributed by atoms with E-state index in [9.17, 15) is 19.4 Å². The monoisotopic (exact) mass is 465 g/mol. The van der Waals surface area contributed by atoms with E-state index in [-0.39, 0.29) is 24.1 Å². The van der Waals surface area contributed by atoms with Crippen molar-refractivity contribution in [3.8, 4) is 11.6 Å². The van der Waals surface area contributed by atoms with E-state index in [0.717, 1.165) is 47.2 Å². The van der Waals surface area contributed by atoms with Crippen LogP contribution in [0.15, 0.2) is 48.5 Å². The molecule has 1 aliphatic carbocycles. The van der Waals surface area contributed by atoms with E-state index in [1.807, 2.05) is 12.1 Å². The maximum Gasteiger partial charge on any atom is 0.414 e. The molecule has 7 nitrogen and oxygen atoms in total. The number of nitrogens with one attached hydrogen (secondary N) is 1. The van der Waals surface area contributed by atoms with Gasteiger partial charge in [0.1, 0.15) is 11.6 Å². The summed E-state index contributed by atoms with van der Waals surface area (Å²) in [6.45, 7) is -0.267. The zero-order valence-corrected chi connectivity index (χ0v) is 19.0. The number of aromatic nitrogens is 2. The fourth-order valence-corrected chi connectivity index (χ4v) is 4.29. The molecule has 178 valence electrons. The SMILES string of the molecule is Cn1nc(OC(=O)NC(CO)Cc2ccc(O)cc2)c2c1/C(=C/c1cccc(F)c1)CCCC2. The second-order valence-corrected chi connectivity index (χ2v) is 8.47. The van der Waals surface area contributed by atoms with Gasteiger partial charge in [0.25, 0.3) is 0 Å². The molecule has 1 heterocycles. The summed E-state index contributed by atoms with van der Waals surface area (Å²) >= 11 is 0. The van der Waals surface area contributed by atoms with Crippen LogP contribution in [0.25, 0.3) is 11.6 Å². The van der Waals surface area contributed by atoms with E-state index in [0.29, 0.717) is 12.8 Å². The second-order valence-electron chi connectivity index (χ2n) is 8.47. The van der Waals surface area contributed by atoms with Gasteiger partial charge in [-0.3, -0.25) is 4.68 Å². The summed E-state index contributed by atoms with van der Waals surface area (Å²) < 4.78 is 21.0. The number of phenolic OH excluding ortho intramolecular Hbond substituents is 1. The Labute approximate surface area is 197 Å². The van der Waals surface area contributed by atoms with Gasteiger partial charge in [-0.2, -0.15) is 0 Å². The van der Waals surface area contributed by atoms with Crippen molar-refractivity contribution in [1.82, 2.24) is 15.1 Å². The third-order valence-electron chi connectivity index (χ3n) is 5.88. The molecule has 2 aromatic carbocycles. The number of carbonyl (C=O) groups is 1. The molecule has 8 heteroatoms. The van der Waals surface area contributed by atoms with E-state index in [4.69, 9.17) is 4.74 Å². The molecule has 0 saturated heterocycles. The topological polar surface area (TPSA) is 96.6 Å². The van der Waals surface area contributed by atoms with E-state index < -0.39 is 12.1 Å². The molecular weight excluding hydrogens is 437 g/mol. The van der Waals surface area contributed by atoms with Gasteiger partial charge < -0.3 is 20.3 Å². The molecule has 0 bridgehead atoms. The number of carbonyl (C=O) groups excluding carboxylic acids is 1. The molecule has 4 rings (SSSR count). The van der Waals surface area contributed by atoms with Crippen LogP contribution >= 0.6 is 0 Å². The first-order valence-electron chi connectivity index (χ1n) is 11.3. The van der Waals surface area contributed by atoms with Crippen molar-refractivity contribution in [3.63, 3.8) is 0 Å². The molecule has 0 aliphatic heterocycles. The van der Waals surface area contributed by atoms with Crippen LogP contribution in [0.4, 0.5) is 9.18 Å². The number of aryl methyl sites for hydroxylation is 1. The molecule has 0 spiro atoms. The number of amides is 1. The van der Waals surface area contributed by atoms with Gasteiger partial charge in [-0.15, -0.1) is 5.10 Å². The average Bonchev–Trinajstić information content (AvgIpc) is 2.97. The molecule has 1 amide bonds. The quantitative estimate of drug-likeness (QED) is 0.474. The number of rotatable bonds is 6. The Bertz CT molecular complexity index is 1190. The van der Waals surface area contributed by atoms with Gasteiger partial charge in [0.05, 0.1) is 18.3 Å². The highest BCUT2D eigenvalue weighted by Crippen LogP contribution is 2.35. The summed E-state index contributed by atoms with van der Waals surface area (Å²) in [7, 11) is 1.80. The van der Waals surface area contributed by atoms with Crippen LogP contribution in [0.1, 0.15) is 41.6 Å². The highest BCUT2D eigenvalue weighted by atomic mass is 19.1. The van der Waals surface area contributed by atoms with Gasteiger partial charge in [0, 0.05) is 12.6 Å². The van der Waals surface area contributed by atoms with Gasteiger partial charge in [0.2, 0.25) is 5.88 Å². The molecule has 1 atom stereocenters. The first-order valence-corrected chi connectivity index (χ1v) is 11.3. The van der Waals surface area contributed by atoms with Crippen LogP contribution in [-0.4, -0.2) is 38.7 Å². The van der Waals surface area contributed by atoms with Crippen molar-refractivity contribution in [3.05, 3.63) is 76.7 Å². The summed E-state index contributed by atoms with van der Waals surface area (Å²) in [6.07, 6.45) is 5.04. The molecule has 3 N–H and O–H groups in total. The van der Waals surface area contributed by atoms with E-state index in [1.165, 1.54) is 12.1 Å². The van der Waals surface area contributed by atoms with Gasteiger partial charge in [-0.25, -0.2) is 9.18 Å². The van der Waals surface area contributed by atoms with Crippen LogP contribution in [0.3, 0.4) is 0 Å². The van der Waals surface area contributed by atoms with Crippen LogP contribution < -0.4 is 10.1 Å². The molecular formula is C26H28FN3O4. The fraction of sp³-hybridized carbons (Fsp3) is 0.308. The summed E-state index contributed by atoms with van der Waals surface area (Å²) in [6, 6.07) is 12.5. The Morgan fingerprint density at radius 2 is 2.00 bits per heavy atom. The zero-order chi connectivity index (χ0) is 24.1. The van der Waals surface area contributed by atoms with Crippen LogP contribution in [-0.2, 0) is 19.9 Å². The third kappa shape index (κ3) is 5.63. The van der Waals surface area contributed by atoms with Crippen molar-refractivity contribution in [1.29, 1.82) is 0 Å². The van der Waals surface area contributed by atoms with Gasteiger partial charge >= 0.3 is 6.09 Å². The molecule has 0 saturated carbocycles. The van der Waals surface area contributed by atoms with Crippen molar-refractivity contribution >= 4 is 17.7 Å². The standard InChI is InChI=1S/C26H28FN3O4/c1-30-24-19(13-18-5-4-7-20(27)14-18)6-2-3-8-23(24)25(29-30)34-26(33)28-21(16-31)15-17-9-11-22(32)12-10-17/h4-5,7,9-14,21,31-32H,2-3,6,8,15-16H2,1H3,(H,28,33)/b19-13+. The number of aromatic hydroxyl groups is 1. The van der Waals surface area contributed by atoms with E-state index in [2.05, 4.69) is 10.4 Å². The number of nitrogens with zero attached hydrogens (tertiary/aromatic N) is 2. The van der Waals surface area contributed by atoms with Gasteiger partial charge in [-0.1, -0.05) is 24.3 Å². The molecule has 0 fully saturated rings. The number of aliphatic hydroxyl groups is 1. The third-order valence-corrected chi connectivity index (χ3v) is 5.88. The summed E-state index contributed by atoms with van der Waals surface area (Å²) in [5.74, 6) is 0.0985. The molecule has 1 aromatic heterocycles. The smallest absolute Gasteiger partial charge is 0.414 e. The Balaban J connectivity index is 1.52. The number of phenols is 1. The number of ether oxygens (including phenoxy) is 1. The largest absolute Gasteiger partial charge is 0.508 e. The minimum atomic E-state index is -0.696. The minimum Gasteiger partial charge on any atom is -0.508 e. The van der Waals surface area contributed by atoms with Gasteiger partial charge in [-0.05, 0) is 79.1 Å². The number of benzene rings is 2. The van der Waals surface area contributed by atoms with Crippen molar-refractivity contribution in [2.45, 2.75) is 38.1 Å². The lowest BCUT2D eigenvalue weighted by Crippen LogP contribution is -2.40. The average molecular weight is 466 g/mol. The van der Waals surface area contributed by atoms with Crippen molar-refractivity contribution < 1.29 is 24.1 Å². The zero-order valence-electron chi connectivity index (χ0n) is 19.0. The predicted octanol–water partition coefficient (Wildman–Crippen LogP) is 4.22. The first kappa shape index (κ1) is 23.5.